The molecule has 0 saturated carbocycles. The molecular weight excluding hydrogens is 220 g/mol. The van der Waals surface area contributed by atoms with E-state index in [9.17, 15) is 0 Å². The zero-order chi connectivity index (χ0) is 12.0. The molecule has 0 aliphatic carbocycles. The first-order chi connectivity index (χ1) is 7.69. The van der Waals surface area contributed by atoms with Gasteiger partial charge in [-0.15, -0.1) is 10.2 Å². The number of hydrogen-bond donors (Lipinski definition) is 1. The molecule has 0 atom stereocenters. The lowest BCUT2D eigenvalue weighted by molar-refractivity contribution is 0.592. The average Bonchev–Trinajstić information content (AvgIpc) is 2.61. The van der Waals surface area contributed by atoms with E-state index in [0.29, 0.717) is 6.54 Å². The van der Waals surface area contributed by atoms with Crippen molar-refractivity contribution in [2.45, 2.75) is 45.4 Å². The Morgan fingerprint density at radius 2 is 2.19 bits per heavy atom. The van der Waals surface area contributed by atoms with Gasteiger partial charge in [0.15, 0.2) is 5.16 Å². The highest BCUT2D eigenvalue weighted by molar-refractivity contribution is 7.99. The molecule has 0 fully saturated rings. The molecule has 5 heteroatoms. The topological polar surface area (TPSA) is 56.7 Å². The quantitative estimate of drug-likeness (QED) is 0.612. The van der Waals surface area contributed by atoms with Crippen LogP contribution in [0.1, 0.15) is 33.0 Å². The molecule has 0 unspecified atom stereocenters. The van der Waals surface area contributed by atoms with Gasteiger partial charge in [-0.05, 0) is 20.3 Å². The van der Waals surface area contributed by atoms with E-state index in [1.54, 1.807) is 11.8 Å². The molecule has 0 spiro atoms. The first kappa shape index (κ1) is 13.3. The van der Waals surface area contributed by atoms with Crippen molar-refractivity contribution in [1.82, 2.24) is 14.8 Å². The summed E-state index contributed by atoms with van der Waals surface area (Å²) in [7, 11) is 0. The number of thioether (sulfide) groups is 1. The number of aromatic nitrogens is 3. The van der Waals surface area contributed by atoms with Crippen molar-refractivity contribution >= 4 is 11.8 Å². The summed E-state index contributed by atoms with van der Waals surface area (Å²) < 4.78 is 2.11. The molecule has 0 aliphatic rings. The molecule has 0 saturated heterocycles. The number of allylic oxidation sites excluding steroid dienone is 1. The van der Waals surface area contributed by atoms with Crippen LogP contribution in [-0.4, -0.2) is 20.5 Å². The molecule has 16 heavy (non-hydrogen) atoms. The van der Waals surface area contributed by atoms with Crippen molar-refractivity contribution in [1.29, 1.82) is 0 Å². The summed E-state index contributed by atoms with van der Waals surface area (Å²) in [4.78, 5) is 0. The van der Waals surface area contributed by atoms with Gasteiger partial charge in [-0.2, -0.15) is 0 Å². The minimum Gasteiger partial charge on any atom is -0.324 e. The maximum atomic E-state index is 5.63. The summed E-state index contributed by atoms with van der Waals surface area (Å²) in [5, 5.41) is 9.24. The van der Waals surface area contributed by atoms with Crippen LogP contribution in [0.25, 0.3) is 0 Å². The molecule has 1 aromatic rings. The van der Waals surface area contributed by atoms with E-state index < -0.39 is 0 Å². The smallest absolute Gasteiger partial charge is 0.191 e. The molecule has 1 heterocycles. The first-order valence-electron chi connectivity index (χ1n) is 5.57. The Balaban J connectivity index is 2.71. The van der Waals surface area contributed by atoms with Crippen molar-refractivity contribution in [2.75, 3.05) is 5.75 Å². The minimum absolute atomic E-state index is 0.455. The fraction of sp³-hybridized carbons (Fsp3) is 0.636. The predicted molar refractivity (Wildman–Crippen MR) is 68.4 cm³/mol. The van der Waals surface area contributed by atoms with Gasteiger partial charge in [-0.25, -0.2) is 0 Å². The fourth-order valence-corrected chi connectivity index (χ4v) is 2.32. The second-order valence-electron chi connectivity index (χ2n) is 3.85. The van der Waals surface area contributed by atoms with Crippen LogP contribution in [0, 0.1) is 0 Å². The van der Waals surface area contributed by atoms with Crippen LogP contribution in [0.5, 0.6) is 0 Å². The lowest BCUT2D eigenvalue weighted by Gasteiger charge is -2.06. The van der Waals surface area contributed by atoms with Crippen molar-refractivity contribution in [3.05, 3.63) is 17.5 Å². The van der Waals surface area contributed by atoms with Crippen molar-refractivity contribution in [2.24, 2.45) is 5.73 Å². The highest BCUT2D eigenvalue weighted by Crippen LogP contribution is 2.17. The normalized spacial score (nSPS) is 10.5. The Morgan fingerprint density at radius 3 is 2.75 bits per heavy atom. The van der Waals surface area contributed by atoms with E-state index in [2.05, 4.69) is 41.6 Å². The van der Waals surface area contributed by atoms with E-state index in [0.717, 1.165) is 29.7 Å². The monoisotopic (exact) mass is 240 g/mol. The highest BCUT2D eigenvalue weighted by Gasteiger charge is 2.09. The largest absolute Gasteiger partial charge is 0.324 e. The van der Waals surface area contributed by atoms with Gasteiger partial charge in [0, 0.05) is 12.3 Å². The molecule has 0 amide bonds. The van der Waals surface area contributed by atoms with Crippen LogP contribution in [0.4, 0.5) is 0 Å². The minimum atomic E-state index is 0.455. The molecule has 2 N–H and O–H groups in total. The van der Waals surface area contributed by atoms with E-state index >= 15 is 0 Å². The lowest BCUT2D eigenvalue weighted by atomic mass is 10.3. The summed E-state index contributed by atoms with van der Waals surface area (Å²) in [6, 6.07) is 0. The zero-order valence-electron chi connectivity index (χ0n) is 10.2. The van der Waals surface area contributed by atoms with Crippen molar-refractivity contribution in [3.8, 4) is 0 Å². The third-order valence-electron chi connectivity index (χ3n) is 2.13. The van der Waals surface area contributed by atoms with E-state index in [4.69, 9.17) is 5.73 Å². The van der Waals surface area contributed by atoms with Crippen LogP contribution in [0.15, 0.2) is 16.8 Å². The van der Waals surface area contributed by atoms with Crippen LogP contribution >= 0.6 is 11.8 Å². The van der Waals surface area contributed by atoms with E-state index in [1.807, 2.05) is 0 Å². The molecule has 1 aromatic heterocycles. The van der Waals surface area contributed by atoms with Crippen LogP contribution in [0.3, 0.4) is 0 Å². The van der Waals surface area contributed by atoms with Gasteiger partial charge in [0.2, 0.25) is 0 Å². The molecule has 0 aromatic carbocycles. The summed E-state index contributed by atoms with van der Waals surface area (Å²) >= 11 is 1.71. The summed E-state index contributed by atoms with van der Waals surface area (Å²) in [6.45, 7) is 7.74. The van der Waals surface area contributed by atoms with E-state index in [1.165, 1.54) is 5.57 Å². The molecule has 0 radical (unpaired) electrons. The maximum absolute atomic E-state index is 5.63. The van der Waals surface area contributed by atoms with Crippen LogP contribution in [-0.2, 0) is 13.1 Å². The Hall–Kier alpha value is -0.810. The average molecular weight is 240 g/mol. The standard InChI is InChI=1S/C11H20N4S/c1-4-6-15-10(8-12)13-14-11(15)16-7-5-9(2)3/h5H,4,6-8,12H2,1-3H3. The Bertz CT molecular complexity index is 353. The van der Waals surface area contributed by atoms with Gasteiger partial charge in [0.05, 0.1) is 6.54 Å². The number of nitrogens with zero attached hydrogens (tertiary/aromatic N) is 3. The molecular formula is C11H20N4S. The van der Waals surface area contributed by atoms with Gasteiger partial charge < -0.3 is 10.3 Å². The molecule has 1 rings (SSSR count). The summed E-state index contributed by atoms with van der Waals surface area (Å²) in [5.74, 6) is 1.82. The third-order valence-corrected chi connectivity index (χ3v) is 3.02. The second kappa shape index (κ2) is 6.70. The van der Waals surface area contributed by atoms with Crippen LogP contribution < -0.4 is 5.73 Å². The Labute approximate surface area is 101 Å². The number of nitrogens with two attached hydrogens (primary N) is 1. The number of rotatable bonds is 6. The Morgan fingerprint density at radius 1 is 1.44 bits per heavy atom. The van der Waals surface area contributed by atoms with Gasteiger partial charge in [0.25, 0.3) is 0 Å². The van der Waals surface area contributed by atoms with Crippen molar-refractivity contribution in [3.63, 3.8) is 0 Å². The van der Waals surface area contributed by atoms with E-state index in [-0.39, 0.29) is 0 Å². The number of hydrogen-bond acceptors (Lipinski definition) is 4. The van der Waals surface area contributed by atoms with Crippen molar-refractivity contribution < 1.29 is 0 Å². The Kier molecular flexibility index (Phi) is 5.55. The second-order valence-corrected chi connectivity index (χ2v) is 4.83. The SMILES string of the molecule is CCCn1c(CN)nnc1SCC=C(C)C. The molecule has 0 aliphatic heterocycles. The molecule has 4 nitrogen and oxygen atoms in total. The lowest BCUT2D eigenvalue weighted by Crippen LogP contribution is -2.09. The van der Waals surface area contributed by atoms with Gasteiger partial charge in [0.1, 0.15) is 5.82 Å². The van der Waals surface area contributed by atoms with Gasteiger partial charge in [-0.3, -0.25) is 0 Å². The summed E-state index contributed by atoms with van der Waals surface area (Å²) in [5.41, 5.74) is 6.95. The first-order valence-corrected chi connectivity index (χ1v) is 6.55. The summed E-state index contributed by atoms with van der Waals surface area (Å²) in [6.07, 6.45) is 3.26. The van der Waals surface area contributed by atoms with Gasteiger partial charge >= 0.3 is 0 Å². The fourth-order valence-electron chi connectivity index (χ4n) is 1.31. The van der Waals surface area contributed by atoms with Gasteiger partial charge in [-0.1, -0.05) is 30.3 Å². The predicted octanol–water partition coefficient (Wildman–Crippen LogP) is 2.21. The molecule has 0 bridgehead atoms. The highest BCUT2D eigenvalue weighted by atomic mass is 32.2. The molecule has 90 valence electrons. The third kappa shape index (κ3) is 3.64. The zero-order valence-corrected chi connectivity index (χ0v) is 11.0. The van der Waals surface area contributed by atoms with Crippen LogP contribution in [0.2, 0.25) is 0 Å². The maximum Gasteiger partial charge on any atom is 0.191 e.